The first-order valence-corrected chi connectivity index (χ1v) is 7.68. The van der Waals surface area contributed by atoms with Crippen LogP contribution in [0.4, 0.5) is 0 Å². The second-order valence-electron chi connectivity index (χ2n) is 6.66. The van der Waals surface area contributed by atoms with Crippen molar-refractivity contribution in [2.45, 2.75) is 53.4 Å². The Hall–Kier alpha value is -0.820. The van der Waals surface area contributed by atoms with Crippen LogP contribution >= 0.6 is 0 Å². The normalized spacial score (nSPS) is 19.7. The van der Waals surface area contributed by atoms with E-state index in [0.717, 1.165) is 6.54 Å². The lowest BCUT2D eigenvalue weighted by Crippen LogP contribution is -2.26. The summed E-state index contributed by atoms with van der Waals surface area (Å²) >= 11 is 0. The molecule has 1 aliphatic rings. The maximum Gasteiger partial charge on any atom is 0.0230 e. The Morgan fingerprint density at radius 1 is 1.05 bits per heavy atom. The second kappa shape index (κ2) is 7.69. The molecular formula is C18H31N. The number of likely N-dealkylation sites (tertiary alicyclic amines) is 1. The van der Waals surface area contributed by atoms with Crippen LogP contribution in [0.2, 0.25) is 0 Å². The predicted octanol–water partition coefficient (Wildman–Crippen LogP) is 4.97. The summed E-state index contributed by atoms with van der Waals surface area (Å²) < 4.78 is 0. The number of hydrogen-bond donors (Lipinski definition) is 0. The van der Waals surface area contributed by atoms with Gasteiger partial charge in [0.15, 0.2) is 0 Å². The molecule has 0 aromatic rings. The Bertz CT molecular complexity index is 333. The van der Waals surface area contributed by atoms with Gasteiger partial charge in [-0.05, 0) is 49.4 Å². The fourth-order valence-corrected chi connectivity index (χ4v) is 2.25. The molecule has 0 N–H and O–H groups in total. The van der Waals surface area contributed by atoms with Gasteiger partial charge in [0.25, 0.3) is 0 Å². The van der Waals surface area contributed by atoms with E-state index >= 15 is 0 Å². The number of nitrogens with zero attached hydrogens (tertiary/aromatic N) is 1. The summed E-state index contributed by atoms with van der Waals surface area (Å²) in [6, 6.07) is 0. The molecule has 0 saturated carbocycles. The molecule has 0 spiro atoms. The molecule has 0 aromatic heterocycles. The van der Waals surface area contributed by atoms with Crippen LogP contribution in [0.1, 0.15) is 53.4 Å². The summed E-state index contributed by atoms with van der Waals surface area (Å²) in [5.41, 5.74) is 2.77. The van der Waals surface area contributed by atoms with E-state index in [2.05, 4.69) is 57.4 Å². The van der Waals surface area contributed by atoms with Crippen LogP contribution in [0, 0.1) is 5.41 Å². The highest BCUT2D eigenvalue weighted by molar-refractivity contribution is 5.29. The van der Waals surface area contributed by atoms with Crippen molar-refractivity contribution < 1.29 is 0 Å². The topological polar surface area (TPSA) is 3.24 Å². The van der Waals surface area contributed by atoms with Gasteiger partial charge in [-0.1, -0.05) is 58.4 Å². The van der Waals surface area contributed by atoms with Gasteiger partial charge in [-0.15, -0.1) is 0 Å². The highest BCUT2D eigenvalue weighted by Gasteiger charge is 2.12. The van der Waals surface area contributed by atoms with Crippen LogP contribution in [0.5, 0.6) is 0 Å². The van der Waals surface area contributed by atoms with Crippen LogP contribution in [-0.4, -0.2) is 24.5 Å². The zero-order valence-corrected chi connectivity index (χ0v) is 13.3. The van der Waals surface area contributed by atoms with Crippen molar-refractivity contribution in [3.8, 4) is 0 Å². The van der Waals surface area contributed by atoms with Gasteiger partial charge in [0.05, 0.1) is 0 Å². The molecule has 1 rings (SSSR count). The van der Waals surface area contributed by atoms with E-state index < -0.39 is 0 Å². The molecule has 1 nitrogen and oxygen atoms in total. The van der Waals surface area contributed by atoms with Crippen LogP contribution in [0.3, 0.4) is 0 Å². The number of rotatable bonds is 4. The summed E-state index contributed by atoms with van der Waals surface area (Å²) in [7, 11) is 0. The Kier molecular flexibility index (Phi) is 6.57. The van der Waals surface area contributed by atoms with Crippen molar-refractivity contribution in [2.24, 2.45) is 5.41 Å². The Morgan fingerprint density at radius 2 is 1.63 bits per heavy atom. The molecule has 0 aromatic carbocycles. The first-order chi connectivity index (χ1) is 8.93. The Balaban J connectivity index is 2.54. The number of hydrogen-bond acceptors (Lipinski definition) is 1. The molecule has 1 fully saturated rings. The average Bonchev–Trinajstić information content (AvgIpc) is 2.61. The van der Waals surface area contributed by atoms with Gasteiger partial charge in [-0.3, -0.25) is 4.90 Å². The van der Waals surface area contributed by atoms with Crippen molar-refractivity contribution in [1.82, 2.24) is 4.90 Å². The Labute approximate surface area is 120 Å². The van der Waals surface area contributed by atoms with E-state index in [1.807, 2.05) is 0 Å². The van der Waals surface area contributed by atoms with E-state index in [0.29, 0.717) is 0 Å². The molecular weight excluding hydrogens is 230 g/mol. The van der Waals surface area contributed by atoms with Crippen molar-refractivity contribution >= 4 is 0 Å². The summed E-state index contributed by atoms with van der Waals surface area (Å²) in [4.78, 5) is 2.59. The third kappa shape index (κ3) is 6.24. The zero-order valence-electron chi connectivity index (χ0n) is 13.3. The van der Waals surface area contributed by atoms with E-state index in [9.17, 15) is 0 Å². The van der Waals surface area contributed by atoms with Gasteiger partial charge in [-0.25, -0.2) is 0 Å². The molecule has 0 amide bonds. The molecule has 0 atom stereocenters. The minimum Gasteiger partial charge on any atom is -0.299 e. The largest absolute Gasteiger partial charge is 0.299 e. The van der Waals surface area contributed by atoms with Crippen LogP contribution < -0.4 is 0 Å². The first kappa shape index (κ1) is 16.2. The highest BCUT2D eigenvalue weighted by atomic mass is 15.1. The molecule has 0 radical (unpaired) electrons. The van der Waals surface area contributed by atoms with Crippen LogP contribution in [0.25, 0.3) is 0 Å². The lowest BCUT2D eigenvalue weighted by Gasteiger charge is -2.21. The third-order valence-corrected chi connectivity index (χ3v) is 3.94. The van der Waals surface area contributed by atoms with E-state index in [1.54, 1.807) is 0 Å². The smallest absolute Gasteiger partial charge is 0.0230 e. The molecule has 1 saturated heterocycles. The zero-order chi connectivity index (χ0) is 14.3. The lowest BCUT2D eigenvalue weighted by atomic mass is 9.87. The summed E-state index contributed by atoms with van der Waals surface area (Å²) in [6.45, 7) is 16.5. The minimum absolute atomic E-state index is 0.165. The molecule has 0 aliphatic carbocycles. The average molecular weight is 261 g/mol. The van der Waals surface area contributed by atoms with Crippen molar-refractivity contribution in [1.29, 1.82) is 0 Å². The van der Waals surface area contributed by atoms with E-state index in [1.165, 1.54) is 49.9 Å². The first-order valence-electron chi connectivity index (χ1n) is 7.68. The maximum atomic E-state index is 4.17. The van der Waals surface area contributed by atoms with Crippen molar-refractivity contribution in [2.75, 3.05) is 19.6 Å². The molecule has 108 valence electrons. The minimum atomic E-state index is 0.165. The lowest BCUT2D eigenvalue weighted by molar-refractivity contribution is 0.311. The van der Waals surface area contributed by atoms with E-state index in [4.69, 9.17) is 0 Å². The molecule has 19 heavy (non-hydrogen) atoms. The SMILES string of the molecule is C=C(/C=C\C(=C/C)CN1CCCCCC1)C(C)(C)C. The maximum absolute atomic E-state index is 4.17. The highest BCUT2D eigenvalue weighted by Crippen LogP contribution is 2.24. The molecule has 0 unspecified atom stereocenters. The Morgan fingerprint density at radius 3 is 2.11 bits per heavy atom. The van der Waals surface area contributed by atoms with Gasteiger partial charge in [0.2, 0.25) is 0 Å². The van der Waals surface area contributed by atoms with E-state index in [-0.39, 0.29) is 5.41 Å². The second-order valence-corrected chi connectivity index (χ2v) is 6.66. The fourth-order valence-electron chi connectivity index (χ4n) is 2.25. The van der Waals surface area contributed by atoms with Crippen molar-refractivity contribution in [3.63, 3.8) is 0 Å². The standard InChI is InChI=1S/C18H31N/c1-6-17(12-11-16(2)18(3,4)5)15-19-13-9-7-8-10-14-19/h6,11-12H,2,7-10,13-15H2,1,3-5H3/b12-11-,17-6+. The summed E-state index contributed by atoms with van der Waals surface area (Å²) in [5, 5.41) is 0. The van der Waals surface area contributed by atoms with Crippen molar-refractivity contribution in [3.05, 3.63) is 36.0 Å². The van der Waals surface area contributed by atoms with Gasteiger partial charge in [0, 0.05) is 6.54 Å². The van der Waals surface area contributed by atoms with Crippen LogP contribution in [-0.2, 0) is 0 Å². The quantitative estimate of drug-likeness (QED) is 0.646. The van der Waals surface area contributed by atoms with Gasteiger partial charge >= 0.3 is 0 Å². The molecule has 0 bridgehead atoms. The third-order valence-electron chi connectivity index (χ3n) is 3.94. The molecule has 1 heterocycles. The predicted molar refractivity (Wildman–Crippen MR) is 86.4 cm³/mol. The van der Waals surface area contributed by atoms with Gasteiger partial charge < -0.3 is 0 Å². The molecule has 1 heteroatoms. The summed E-state index contributed by atoms with van der Waals surface area (Å²) in [6.07, 6.45) is 12.2. The number of allylic oxidation sites excluding steroid dienone is 3. The van der Waals surface area contributed by atoms with Gasteiger partial charge in [0.1, 0.15) is 0 Å². The fraction of sp³-hybridized carbons (Fsp3) is 0.667. The van der Waals surface area contributed by atoms with Gasteiger partial charge in [-0.2, -0.15) is 0 Å². The monoisotopic (exact) mass is 261 g/mol. The van der Waals surface area contributed by atoms with Crippen LogP contribution in [0.15, 0.2) is 36.0 Å². The molecule has 1 aliphatic heterocycles. The summed E-state index contributed by atoms with van der Waals surface area (Å²) in [5.74, 6) is 0.